The number of primary amides is 1. The maximum absolute atomic E-state index is 10.9. The van der Waals surface area contributed by atoms with Gasteiger partial charge in [-0.1, -0.05) is 0 Å². The minimum atomic E-state index is -0.557. The molecule has 2 rings (SSSR count). The van der Waals surface area contributed by atoms with E-state index in [1.807, 2.05) is 11.8 Å². The zero-order valence-electron chi connectivity index (χ0n) is 11.5. The van der Waals surface area contributed by atoms with Gasteiger partial charge >= 0.3 is 0 Å². The van der Waals surface area contributed by atoms with Crippen LogP contribution in [0.25, 0.3) is 0 Å². The van der Waals surface area contributed by atoms with Crippen LogP contribution in [0.3, 0.4) is 0 Å². The first-order valence-corrected chi connectivity index (χ1v) is 7.78. The van der Waals surface area contributed by atoms with E-state index in [4.69, 9.17) is 10.2 Å². The number of aliphatic imine (C=N–C) groups is 1. The molecule has 1 unspecified atom stereocenters. The number of guanidine groups is 1. The first-order chi connectivity index (χ1) is 9.69. The van der Waals surface area contributed by atoms with Gasteiger partial charge in [-0.2, -0.15) is 11.8 Å². The molecular formula is C13H20N4O2S. The average Bonchev–Trinajstić information content (AvgIpc) is 2.93. The molecule has 2 heterocycles. The third-order valence-electron chi connectivity index (χ3n) is 3.06. The van der Waals surface area contributed by atoms with E-state index in [0.717, 1.165) is 11.7 Å². The lowest BCUT2D eigenvalue weighted by molar-refractivity contribution is 0.0972. The molecule has 0 aromatic carbocycles. The van der Waals surface area contributed by atoms with Crippen LogP contribution in [-0.2, 0) is 6.54 Å². The van der Waals surface area contributed by atoms with Crippen LogP contribution in [0.2, 0.25) is 0 Å². The standard InChI is InChI=1S/C13H20N4O2S/c1-15-13(17-9-3-2-6-20-8-9)16-7-10-4-5-11(19-10)12(14)18/h4-5,9H,2-3,6-8H2,1H3,(H2,14,18)(H2,15,16,17). The molecule has 1 aliphatic rings. The molecule has 0 saturated carbocycles. The molecule has 7 heteroatoms. The number of amides is 1. The Labute approximate surface area is 122 Å². The van der Waals surface area contributed by atoms with E-state index in [2.05, 4.69) is 15.6 Å². The van der Waals surface area contributed by atoms with E-state index in [9.17, 15) is 4.79 Å². The molecule has 1 aromatic rings. The number of hydrogen-bond acceptors (Lipinski definition) is 4. The molecule has 0 aliphatic carbocycles. The molecule has 1 atom stereocenters. The summed E-state index contributed by atoms with van der Waals surface area (Å²) in [6.07, 6.45) is 2.40. The molecule has 20 heavy (non-hydrogen) atoms. The van der Waals surface area contributed by atoms with Crippen LogP contribution < -0.4 is 16.4 Å². The van der Waals surface area contributed by atoms with E-state index in [-0.39, 0.29) is 5.76 Å². The second-order valence-electron chi connectivity index (χ2n) is 4.61. The van der Waals surface area contributed by atoms with Gasteiger partial charge in [-0.25, -0.2) is 0 Å². The van der Waals surface area contributed by atoms with Crippen molar-refractivity contribution in [3.05, 3.63) is 23.7 Å². The predicted octanol–water partition coefficient (Wildman–Crippen LogP) is 0.939. The van der Waals surface area contributed by atoms with Gasteiger partial charge < -0.3 is 20.8 Å². The summed E-state index contributed by atoms with van der Waals surface area (Å²) in [6, 6.07) is 3.77. The van der Waals surface area contributed by atoms with Gasteiger partial charge in [-0.05, 0) is 30.7 Å². The highest BCUT2D eigenvalue weighted by Crippen LogP contribution is 2.16. The van der Waals surface area contributed by atoms with Crippen LogP contribution in [0.15, 0.2) is 21.5 Å². The van der Waals surface area contributed by atoms with Crippen molar-refractivity contribution in [2.45, 2.75) is 25.4 Å². The fourth-order valence-electron chi connectivity index (χ4n) is 2.02. The third-order valence-corrected chi connectivity index (χ3v) is 4.27. The highest BCUT2D eigenvalue weighted by molar-refractivity contribution is 7.99. The molecule has 1 aliphatic heterocycles. The predicted molar refractivity (Wildman–Crippen MR) is 80.9 cm³/mol. The van der Waals surface area contributed by atoms with Crippen molar-refractivity contribution < 1.29 is 9.21 Å². The summed E-state index contributed by atoms with van der Waals surface area (Å²) < 4.78 is 5.31. The Bertz CT molecular complexity index is 480. The lowest BCUT2D eigenvalue weighted by Crippen LogP contribution is -2.45. The highest BCUT2D eigenvalue weighted by Gasteiger charge is 2.15. The summed E-state index contributed by atoms with van der Waals surface area (Å²) in [5, 5.41) is 6.56. The molecule has 6 nitrogen and oxygen atoms in total. The van der Waals surface area contributed by atoms with Gasteiger partial charge in [0.15, 0.2) is 11.7 Å². The van der Waals surface area contributed by atoms with Crippen molar-refractivity contribution in [2.75, 3.05) is 18.6 Å². The van der Waals surface area contributed by atoms with E-state index >= 15 is 0 Å². The number of carbonyl (C=O) groups is 1. The average molecular weight is 296 g/mol. The molecule has 1 amide bonds. The number of nitrogens with one attached hydrogen (secondary N) is 2. The number of nitrogens with two attached hydrogens (primary N) is 1. The fraction of sp³-hybridized carbons (Fsp3) is 0.538. The van der Waals surface area contributed by atoms with Crippen molar-refractivity contribution in [1.29, 1.82) is 0 Å². The van der Waals surface area contributed by atoms with E-state index in [1.54, 1.807) is 19.2 Å². The Morgan fingerprint density at radius 1 is 1.60 bits per heavy atom. The van der Waals surface area contributed by atoms with Gasteiger partial charge in [0.25, 0.3) is 5.91 Å². The van der Waals surface area contributed by atoms with Crippen molar-refractivity contribution in [1.82, 2.24) is 10.6 Å². The molecule has 1 saturated heterocycles. The molecular weight excluding hydrogens is 276 g/mol. The summed E-state index contributed by atoms with van der Waals surface area (Å²) in [4.78, 5) is 15.1. The Morgan fingerprint density at radius 2 is 2.45 bits per heavy atom. The van der Waals surface area contributed by atoms with Crippen molar-refractivity contribution in [3.8, 4) is 0 Å². The molecule has 4 N–H and O–H groups in total. The van der Waals surface area contributed by atoms with Gasteiger partial charge in [0.05, 0.1) is 6.54 Å². The van der Waals surface area contributed by atoms with Gasteiger partial charge in [-0.3, -0.25) is 9.79 Å². The number of rotatable bonds is 4. The molecule has 1 fully saturated rings. The minimum Gasteiger partial charge on any atom is -0.454 e. The second-order valence-corrected chi connectivity index (χ2v) is 5.76. The zero-order valence-corrected chi connectivity index (χ0v) is 12.3. The zero-order chi connectivity index (χ0) is 14.4. The monoisotopic (exact) mass is 296 g/mol. The molecule has 110 valence electrons. The minimum absolute atomic E-state index is 0.174. The summed E-state index contributed by atoms with van der Waals surface area (Å²) in [7, 11) is 1.74. The van der Waals surface area contributed by atoms with E-state index < -0.39 is 5.91 Å². The molecule has 0 bridgehead atoms. The van der Waals surface area contributed by atoms with Gasteiger partial charge in [-0.15, -0.1) is 0 Å². The lowest BCUT2D eigenvalue weighted by Gasteiger charge is -2.24. The number of carbonyl (C=O) groups excluding carboxylic acids is 1. The second kappa shape index (κ2) is 7.23. The Kier molecular flexibility index (Phi) is 5.34. The Hall–Kier alpha value is -1.63. The normalized spacial score (nSPS) is 19.6. The van der Waals surface area contributed by atoms with Gasteiger partial charge in [0.2, 0.25) is 0 Å². The Balaban J connectivity index is 1.82. The van der Waals surface area contributed by atoms with Gasteiger partial charge in [0.1, 0.15) is 5.76 Å². The van der Waals surface area contributed by atoms with Crippen LogP contribution in [-0.4, -0.2) is 36.5 Å². The Morgan fingerprint density at radius 3 is 3.05 bits per heavy atom. The van der Waals surface area contributed by atoms with Crippen LogP contribution in [0.1, 0.15) is 29.2 Å². The maximum atomic E-state index is 10.9. The van der Waals surface area contributed by atoms with Crippen molar-refractivity contribution in [2.24, 2.45) is 10.7 Å². The first-order valence-electron chi connectivity index (χ1n) is 6.62. The summed E-state index contributed by atoms with van der Waals surface area (Å²) in [5.74, 6) is 3.36. The van der Waals surface area contributed by atoms with Crippen LogP contribution in [0, 0.1) is 0 Å². The fourth-order valence-corrected chi connectivity index (χ4v) is 3.09. The number of furan rings is 1. The molecule has 0 radical (unpaired) electrons. The molecule has 0 spiro atoms. The van der Waals surface area contributed by atoms with Crippen molar-refractivity contribution >= 4 is 23.6 Å². The third kappa shape index (κ3) is 4.19. The topological polar surface area (TPSA) is 92.6 Å². The lowest BCUT2D eigenvalue weighted by atomic mass is 10.2. The van der Waals surface area contributed by atoms with E-state index in [1.165, 1.54) is 18.6 Å². The van der Waals surface area contributed by atoms with E-state index in [0.29, 0.717) is 18.3 Å². The van der Waals surface area contributed by atoms with Crippen LogP contribution in [0.5, 0.6) is 0 Å². The van der Waals surface area contributed by atoms with Gasteiger partial charge in [0, 0.05) is 18.8 Å². The number of thioether (sulfide) groups is 1. The summed E-state index contributed by atoms with van der Waals surface area (Å²) in [5.41, 5.74) is 5.14. The smallest absolute Gasteiger partial charge is 0.284 e. The van der Waals surface area contributed by atoms with Crippen LogP contribution in [0.4, 0.5) is 0 Å². The van der Waals surface area contributed by atoms with Crippen molar-refractivity contribution in [3.63, 3.8) is 0 Å². The summed E-state index contributed by atoms with van der Waals surface area (Å²) >= 11 is 1.96. The SMILES string of the molecule is CN=C(NCc1ccc(C(N)=O)o1)NC1CCCSC1. The summed E-state index contributed by atoms with van der Waals surface area (Å²) in [6.45, 7) is 0.465. The first kappa shape index (κ1) is 14.8. The van der Waals surface area contributed by atoms with Crippen LogP contribution >= 0.6 is 11.8 Å². The number of nitrogens with zero attached hydrogens (tertiary/aromatic N) is 1. The number of hydrogen-bond donors (Lipinski definition) is 3. The highest BCUT2D eigenvalue weighted by atomic mass is 32.2. The maximum Gasteiger partial charge on any atom is 0.284 e. The molecule has 1 aromatic heterocycles. The quantitative estimate of drug-likeness (QED) is 0.568. The largest absolute Gasteiger partial charge is 0.454 e.